The van der Waals surface area contributed by atoms with Crippen LogP contribution in [-0.2, 0) is 5.41 Å². The van der Waals surface area contributed by atoms with Crippen LogP contribution in [0.1, 0.15) is 26.3 Å². The number of hydrogen-bond acceptors (Lipinski definition) is 3. The summed E-state index contributed by atoms with van der Waals surface area (Å²) in [6.45, 7) is 6.83. The smallest absolute Gasteiger partial charge is 0.258 e. The summed E-state index contributed by atoms with van der Waals surface area (Å²) >= 11 is 0. The van der Waals surface area contributed by atoms with Gasteiger partial charge in [0.2, 0.25) is 5.82 Å². The third-order valence-corrected chi connectivity index (χ3v) is 9.28. The fourth-order valence-corrected chi connectivity index (χ4v) is 6.89. The van der Waals surface area contributed by atoms with Crippen LogP contribution in [0.25, 0.3) is 77.8 Å². The molecular weight excluding hydrogens is 576 g/mol. The molecule has 0 saturated heterocycles. The van der Waals surface area contributed by atoms with Crippen LogP contribution in [0.3, 0.4) is 0 Å². The van der Waals surface area contributed by atoms with Crippen molar-refractivity contribution < 1.29 is 4.52 Å². The number of fused-ring (bicyclic) bond motifs is 6. The fraction of sp³-hybridized carbons (Fsp3) is 0.0952. The lowest BCUT2D eigenvalue weighted by atomic mass is 9.86. The first kappa shape index (κ1) is 27.4. The molecule has 0 unspecified atom stereocenters. The first-order chi connectivity index (χ1) is 22.9. The summed E-state index contributed by atoms with van der Waals surface area (Å²) in [6.07, 6.45) is 0. The standard InChI is InChI=1S/C42H32N4O/c1-42(2,3)29-19-23-38-34(25-29)32-13-7-10-16-37(32)46(38)31-22-24-39-35(26-31)33-14-8-9-15-36(33)45(39)30-20-17-28(18-21-30)41-43-40(44-47-41)27-11-5-4-6-12-27/h4-26H,1-3H3. The highest BCUT2D eigenvalue weighted by molar-refractivity contribution is 6.12. The lowest BCUT2D eigenvalue weighted by Crippen LogP contribution is -2.10. The average Bonchev–Trinajstić information content (AvgIpc) is 3.81. The SMILES string of the molecule is CC(C)(C)c1ccc2c(c1)c1ccccc1n2-c1ccc2c(c1)c1ccccc1n2-c1ccc(-c2nc(-c3ccccc3)no2)cc1. The van der Waals surface area contributed by atoms with E-state index in [0.29, 0.717) is 11.7 Å². The summed E-state index contributed by atoms with van der Waals surface area (Å²) < 4.78 is 10.4. The minimum Gasteiger partial charge on any atom is -0.334 e. The Kier molecular flexibility index (Phi) is 6.00. The Labute approximate surface area is 272 Å². The summed E-state index contributed by atoms with van der Waals surface area (Å²) in [4.78, 5) is 4.65. The molecule has 0 aliphatic carbocycles. The molecule has 0 bridgehead atoms. The molecule has 3 aromatic heterocycles. The van der Waals surface area contributed by atoms with E-state index in [-0.39, 0.29) is 5.41 Å². The number of benzene rings is 6. The molecule has 0 fully saturated rings. The zero-order valence-electron chi connectivity index (χ0n) is 26.5. The van der Waals surface area contributed by atoms with Crippen LogP contribution in [0.5, 0.6) is 0 Å². The van der Waals surface area contributed by atoms with Crippen LogP contribution in [0.2, 0.25) is 0 Å². The minimum atomic E-state index is 0.0762. The van der Waals surface area contributed by atoms with Crippen molar-refractivity contribution in [3.63, 3.8) is 0 Å². The predicted molar refractivity (Wildman–Crippen MR) is 193 cm³/mol. The second kappa shape index (κ2) is 10.3. The summed E-state index contributed by atoms with van der Waals surface area (Å²) in [5.41, 5.74) is 10.2. The van der Waals surface area contributed by atoms with Gasteiger partial charge in [0.1, 0.15) is 0 Å². The summed E-state index contributed by atoms with van der Waals surface area (Å²) in [7, 11) is 0. The molecule has 6 aromatic carbocycles. The molecule has 47 heavy (non-hydrogen) atoms. The van der Waals surface area contributed by atoms with Crippen LogP contribution < -0.4 is 0 Å². The Morgan fingerprint density at radius 3 is 1.72 bits per heavy atom. The molecule has 0 atom stereocenters. The lowest BCUT2D eigenvalue weighted by Gasteiger charge is -2.19. The van der Waals surface area contributed by atoms with Gasteiger partial charge in [0, 0.05) is 44.0 Å². The van der Waals surface area contributed by atoms with Crippen LogP contribution in [0.4, 0.5) is 0 Å². The van der Waals surface area contributed by atoms with E-state index in [2.05, 4.69) is 149 Å². The average molecular weight is 609 g/mol. The van der Waals surface area contributed by atoms with Crippen molar-refractivity contribution in [3.05, 3.63) is 145 Å². The van der Waals surface area contributed by atoms with Crippen LogP contribution in [-0.4, -0.2) is 19.3 Å². The monoisotopic (exact) mass is 608 g/mol. The van der Waals surface area contributed by atoms with E-state index < -0.39 is 0 Å². The van der Waals surface area contributed by atoms with Gasteiger partial charge in [0.25, 0.3) is 5.89 Å². The number of para-hydroxylation sites is 2. The van der Waals surface area contributed by atoms with Gasteiger partial charge in [-0.25, -0.2) is 0 Å². The van der Waals surface area contributed by atoms with Crippen LogP contribution in [0, 0.1) is 0 Å². The largest absolute Gasteiger partial charge is 0.334 e. The first-order valence-corrected chi connectivity index (χ1v) is 16.0. The molecule has 3 heterocycles. The molecule has 226 valence electrons. The van der Waals surface area contributed by atoms with Crippen molar-refractivity contribution in [2.24, 2.45) is 0 Å². The van der Waals surface area contributed by atoms with Gasteiger partial charge in [-0.05, 0) is 77.7 Å². The molecular formula is C42H32N4O. The first-order valence-electron chi connectivity index (χ1n) is 16.0. The molecule has 0 spiro atoms. The predicted octanol–water partition coefficient (Wildman–Crippen LogP) is 10.9. The summed E-state index contributed by atoms with van der Waals surface area (Å²) in [5.74, 6) is 1.09. The third kappa shape index (κ3) is 4.38. The second-order valence-corrected chi connectivity index (χ2v) is 13.2. The molecule has 5 heteroatoms. The molecule has 0 aliphatic heterocycles. The number of aromatic nitrogens is 4. The molecule has 0 amide bonds. The highest BCUT2D eigenvalue weighted by Gasteiger charge is 2.20. The van der Waals surface area contributed by atoms with Crippen molar-refractivity contribution in [3.8, 4) is 34.2 Å². The molecule has 0 saturated carbocycles. The lowest BCUT2D eigenvalue weighted by molar-refractivity contribution is 0.432. The number of nitrogens with zero attached hydrogens (tertiary/aromatic N) is 4. The van der Waals surface area contributed by atoms with E-state index in [1.54, 1.807) is 0 Å². The van der Waals surface area contributed by atoms with E-state index >= 15 is 0 Å². The molecule has 0 radical (unpaired) electrons. The Balaban J connectivity index is 1.17. The highest BCUT2D eigenvalue weighted by atomic mass is 16.5. The van der Waals surface area contributed by atoms with Crippen molar-refractivity contribution in [2.75, 3.05) is 0 Å². The molecule has 9 aromatic rings. The van der Waals surface area contributed by atoms with Crippen molar-refractivity contribution in [2.45, 2.75) is 26.2 Å². The molecule has 9 rings (SSSR count). The maximum atomic E-state index is 5.64. The van der Waals surface area contributed by atoms with E-state index in [0.717, 1.165) is 33.5 Å². The normalized spacial score (nSPS) is 12.1. The quantitative estimate of drug-likeness (QED) is 0.200. The topological polar surface area (TPSA) is 48.8 Å². The van der Waals surface area contributed by atoms with E-state index in [4.69, 9.17) is 4.52 Å². The Hall–Kier alpha value is -5.94. The van der Waals surface area contributed by atoms with E-state index in [1.807, 2.05) is 30.3 Å². The van der Waals surface area contributed by atoms with Gasteiger partial charge in [0.05, 0.1) is 22.1 Å². The maximum Gasteiger partial charge on any atom is 0.258 e. The number of rotatable bonds is 4. The van der Waals surface area contributed by atoms with Gasteiger partial charge in [-0.15, -0.1) is 0 Å². The Morgan fingerprint density at radius 2 is 1.04 bits per heavy atom. The minimum absolute atomic E-state index is 0.0762. The summed E-state index contributed by atoms with van der Waals surface area (Å²) in [6, 6.07) is 49.4. The summed E-state index contributed by atoms with van der Waals surface area (Å²) in [5, 5.41) is 9.19. The molecule has 0 aliphatic rings. The zero-order valence-corrected chi connectivity index (χ0v) is 26.5. The molecule has 5 nitrogen and oxygen atoms in total. The van der Waals surface area contributed by atoms with Gasteiger partial charge < -0.3 is 13.7 Å². The number of hydrogen-bond donors (Lipinski definition) is 0. The highest BCUT2D eigenvalue weighted by Crippen LogP contribution is 2.38. The zero-order chi connectivity index (χ0) is 31.7. The van der Waals surface area contributed by atoms with Crippen LogP contribution >= 0.6 is 0 Å². The second-order valence-electron chi connectivity index (χ2n) is 13.2. The Morgan fingerprint density at radius 1 is 0.489 bits per heavy atom. The van der Waals surface area contributed by atoms with E-state index in [9.17, 15) is 0 Å². The Bertz CT molecular complexity index is 2600. The maximum absolute atomic E-state index is 5.64. The van der Waals surface area contributed by atoms with Gasteiger partial charge in [-0.1, -0.05) is 98.7 Å². The van der Waals surface area contributed by atoms with Gasteiger partial charge in [0.15, 0.2) is 0 Å². The van der Waals surface area contributed by atoms with E-state index in [1.165, 1.54) is 38.1 Å². The molecule has 0 N–H and O–H groups in total. The van der Waals surface area contributed by atoms with Gasteiger partial charge in [-0.2, -0.15) is 4.98 Å². The van der Waals surface area contributed by atoms with Gasteiger partial charge in [-0.3, -0.25) is 0 Å². The third-order valence-electron chi connectivity index (χ3n) is 9.28. The van der Waals surface area contributed by atoms with Crippen molar-refractivity contribution in [1.82, 2.24) is 19.3 Å². The van der Waals surface area contributed by atoms with Crippen molar-refractivity contribution in [1.29, 1.82) is 0 Å². The van der Waals surface area contributed by atoms with Crippen molar-refractivity contribution >= 4 is 43.6 Å². The van der Waals surface area contributed by atoms with Crippen LogP contribution in [0.15, 0.2) is 144 Å². The fourth-order valence-electron chi connectivity index (χ4n) is 6.89. The van der Waals surface area contributed by atoms with Gasteiger partial charge >= 0.3 is 0 Å².